The van der Waals surface area contributed by atoms with Gasteiger partial charge in [0.15, 0.2) is 5.78 Å². The van der Waals surface area contributed by atoms with Gasteiger partial charge < -0.3 is 9.59 Å². The standard InChI is InChI=1S/C9H8O4/c10-4-7-1-8(13)3-9(2-7,5-11)6-12/h1,4-6H,2-3H2. The molecule has 0 aromatic rings. The fourth-order valence-electron chi connectivity index (χ4n) is 1.35. The molecule has 1 aliphatic rings. The van der Waals surface area contributed by atoms with Gasteiger partial charge in [0.2, 0.25) is 0 Å². The summed E-state index contributed by atoms with van der Waals surface area (Å²) in [6.45, 7) is 0. The SMILES string of the molecule is O=CC1=CC(=O)CC(C=O)(C=O)C1. The highest BCUT2D eigenvalue weighted by Crippen LogP contribution is 2.29. The Morgan fingerprint density at radius 1 is 1.15 bits per heavy atom. The minimum absolute atomic E-state index is 0.0369. The zero-order chi connectivity index (χ0) is 9.90. The van der Waals surface area contributed by atoms with E-state index < -0.39 is 5.41 Å². The Labute approximate surface area is 74.6 Å². The molecule has 0 atom stereocenters. The minimum Gasteiger partial charge on any atom is -0.302 e. The predicted molar refractivity (Wildman–Crippen MR) is 42.9 cm³/mol. The maximum absolute atomic E-state index is 11.0. The number of allylic oxidation sites excluding steroid dienone is 2. The zero-order valence-electron chi connectivity index (χ0n) is 6.86. The van der Waals surface area contributed by atoms with Crippen molar-refractivity contribution in [2.75, 3.05) is 0 Å². The van der Waals surface area contributed by atoms with E-state index in [1.807, 2.05) is 0 Å². The molecule has 0 N–H and O–H groups in total. The highest BCUT2D eigenvalue weighted by atomic mass is 16.1. The van der Waals surface area contributed by atoms with Crippen molar-refractivity contribution in [2.24, 2.45) is 5.41 Å². The van der Waals surface area contributed by atoms with E-state index in [1.54, 1.807) is 0 Å². The molecule has 13 heavy (non-hydrogen) atoms. The Morgan fingerprint density at radius 3 is 2.23 bits per heavy atom. The first-order chi connectivity index (χ1) is 6.15. The summed E-state index contributed by atoms with van der Waals surface area (Å²) in [6, 6.07) is 0. The van der Waals surface area contributed by atoms with Crippen LogP contribution in [0.15, 0.2) is 11.6 Å². The third-order valence-corrected chi connectivity index (χ3v) is 2.00. The number of carbonyl (C=O) groups excluding carboxylic acids is 4. The molecule has 0 radical (unpaired) electrons. The lowest BCUT2D eigenvalue weighted by Crippen LogP contribution is -2.31. The minimum atomic E-state index is -1.30. The van der Waals surface area contributed by atoms with Gasteiger partial charge in [0.25, 0.3) is 0 Å². The molecule has 0 aliphatic heterocycles. The second kappa shape index (κ2) is 3.43. The van der Waals surface area contributed by atoms with Crippen molar-refractivity contribution in [2.45, 2.75) is 12.8 Å². The summed E-state index contributed by atoms with van der Waals surface area (Å²) >= 11 is 0. The number of aldehydes is 3. The van der Waals surface area contributed by atoms with E-state index in [9.17, 15) is 19.2 Å². The Hall–Kier alpha value is -1.58. The smallest absolute Gasteiger partial charge is 0.157 e. The van der Waals surface area contributed by atoms with Crippen LogP contribution in [0.3, 0.4) is 0 Å². The summed E-state index contributed by atoms with van der Waals surface area (Å²) in [5, 5.41) is 0. The average molecular weight is 180 g/mol. The van der Waals surface area contributed by atoms with Gasteiger partial charge in [0, 0.05) is 6.42 Å². The number of carbonyl (C=O) groups is 4. The third-order valence-electron chi connectivity index (χ3n) is 2.00. The van der Waals surface area contributed by atoms with E-state index in [4.69, 9.17) is 0 Å². The van der Waals surface area contributed by atoms with Crippen LogP contribution < -0.4 is 0 Å². The first-order valence-electron chi connectivity index (χ1n) is 3.77. The Balaban J connectivity index is 3.02. The monoisotopic (exact) mass is 180 g/mol. The fourth-order valence-corrected chi connectivity index (χ4v) is 1.35. The number of ketones is 1. The van der Waals surface area contributed by atoms with E-state index >= 15 is 0 Å². The van der Waals surface area contributed by atoms with Gasteiger partial charge in [-0.1, -0.05) is 0 Å². The second-order valence-electron chi connectivity index (χ2n) is 3.13. The molecule has 0 saturated carbocycles. The molecule has 0 aromatic carbocycles. The summed E-state index contributed by atoms with van der Waals surface area (Å²) in [5.41, 5.74) is -1.10. The van der Waals surface area contributed by atoms with E-state index in [0.29, 0.717) is 18.9 Å². The van der Waals surface area contributed by atoms with Crippen LogP contribution in [0, 0.1) is 5.41 Å². The molecule has 0 amide bonds. The van der Waals surface area contributed by atoms with Gasteiger partial charge in [0.05, 0.1) is 5.41 Å². The van der Waals surface area contributed by atoms with E-state index in [0.717, 1.165) is 0 Å². The maximum Gasteiger partial charge on any atom is 0.157 e. The summed E-state index contributed by atoms with van der Waals surface area (Å²) in [4.78, 5) is 42.6. The van der Waals surface area contributed by atoms with E-state index in [-0.39, 0.29) is 24.2 Å². The van der Waals surface area contributed by atoms with Crippen molar-refractivity contribution in [3.63, 3.8) is 0 Å². The van der Waals surface area contributed by atoms with Crippen LogP contribution in [0.25, 0.3) is 0 Å². The highest BCUT2D eigenvalue weighted by Gasteiger charge is 2.36. The normalized spacial score (nSPS) is 20.3. The van der Waals surface area contributed by atoms with Crippen molar-refractivity contribution >= 4 is 24.6 Å². The number of rotatable bonds is 3. The van der Waals surface area contributed by atoms with Gasteiger partial charge in [-0.15, -0.1) is 0 Å². The van der Waals surface area contributed by atoms with Crippen molar-refractivity contribution in [3.05, 3.63) is 11.6 Å². The topological polar surface area (TPSA) is 68.3 Å². The van der Waals surface area contributed by atoms with Crippen LogP contribution >= 0.6 is 0 Å². The quantitative estimate of drug-likeness (QED) is 0.447. The lowest BCUT2D eigenvalue weighted by Gasteiger charge is -2.23. The van der Waals surface area contributed by atoms with E-state index in [1.165, 1.54) is 6.08 Å². The van der Waals surface area contributed by atoms with Crippen LogP contribution in [-0.4, -0.2) is 24.6 Å². The van der Waals surface area contributed by atoms with Crippen LogP contribution in [-0.2, 0) is 19.2 Å². The van der Waals surface area contributed by atoms with Gasteiger partial charge in [0.1, 0.15) is 18.9 Å². The lowest BCUT2D eigenvalue weighted by molar-refractivity contribution is -0.132. The molecular weight excluding hydrogens is 172 g/mol. The van der Waals surface area contributed by atoms with Crippen molar-refractivity contribution in [1.82, 2.24) is 0 Å². The second-order valence-corrected chi connectivity index (χ2v) is 3.13. The third kappa shape index (κ3) is 1.77. The summed E-state index contributed by atoms with van der Waals surface area (Å²) in [6.07, 6.45) is 2.46. The Bertz CT molecular complexity index is 293. The molecule has 0 unspecified atom stereocenters. The van der Waals surface area contributed by atoms with Crippen molar-refractivity contribution in [3.8, 4) is 0 Å². The van der Waals surface area contributed by atoms with Crippen LogP contribution in [0.4, 0.5) is 0 Å². The lowest BCUT2D eigenvalue weighted by atomic mass is 9.76. The molecule has 4 nitrogen and oxygen atoms in total. The molecule has 1 aliphatic carbocycles. The first kappa shape index (κ1) is 9.51. The van der Waals surface area contributed by atoms with Crippen LogP contribution in [0.2, 0.25) is 0 Å². The largest absolute Gasteiger partial charge is 0.302 e. The van der Waals surface area contributed by atoms with Gasteiger partial charge >= 0.3 is 0 Å². The van der Waals surface area contributed by atoms with Gasteiger partial charge in [-0.2, -0.15) is 0 Å². The zero-order valence-corrected chi connectivity index (χ0v) is 6.86. The molecular formula is C9H8O4. The summed E-state index contributed by atoms with van der Waals surface area (Å²) in [7, 11) is 0. The molecule has 4 heteroatoms. The van der Waals surface area contributed by atoms with Crippen molar-refractivity contribution < 1.29 is 19.2 Å². The molecule has 1 rings (SSSR count). The molecule has 0 spiro atoms. The number of hydrogen-bond acceptors (Lipinski definition) is 4. The maximum atomic E-state index is 11.0. The predicted octanol–water partition coefficient (Wildman–Crippen LogP) is -0.141. The van der Waals surface area contributed by atoms with Gasteiger partial charge in [-0.3, -0.25) is 9.59 Å². The highest BCUT2D eigenvalue weighted by molar-refractivity contribution is 6.03. The van der Waals surface area contributed by atoms with Gasteiger partial charge in [-0.05, 0) is 18.1 Å². The molecule has 0 saturated heterocycles. The Kier molecular flexibility index (Phi) is 2.51. The Morgan fingerprint density at radius 2 is 1.77 bits per heavy atom. The van der Waals surface area contributed by atoms with Crippen LogP contribution in [0.5, 0.6) is 0 Å². The first-order valence-corrected chi connectivity index (χ1v) is 3.77. The molecule has 68 valence electrons. The number of hydrogen-bond donors (Lipinski definition) is 0. The van der Waals surface area contributed by atoms with Crippen molar-refractivity contribution in [1.29, 1.82) is 0 Å². The summed E-state index contributed by atoms with van der Waals surface area (Å²) in [5.74, 6) is -0.354. The molecule has 0 heterocycles. The van der Waals surface area contributed by atoms with E-state index in [2.05, 4.69) is 0 Å². The molecule has 0 aromatic heterocycles. The van der Waals surface area contributed by atoms with Gasteiger partial charge in [-0.25, -0.2) is 0 Å². The summed E-state index contributed by atoms with van der Waals surface area (Å²) < 4.78 is 0. The molecule has 0 bridgehead atoms. The molecule has 0 fully saturated rings. The fraction of sp³-hybridized carbons (Fsp3) is 0.333. The average Bonchev–Trinajstić information content (AvgIpc) is 2.16. The van der Waals surface area contributed by atoms with Crippen LogP contribution in [0.1, 0.15) is 12.8 Å².